The van der Waals surface area contributed by atoms with Gasteiger partial charge in [0.15, 0.2) is 0 Å². The Labute approximate surface area is 280 Å². The summed E-state index contributed by atoms with van der Waals surface area (Å²) in [6.07, 6.45) is 4.35. The molecule has 2 aromatic heterocycles. The number of hydrogen-bond acceptors (Lipinski definition) is 9. The standard InChI is InChI=1S/C36H42N6O6/c1-25(2)33(42-36(46)48-23-29-15-9-10-16-39-29)34(44)40-30(17-26-11-5-3-6-12-26)19-32(43)31(18-27-13-7-4-8-14-27)41-35(45)47-22-28-20-37-24-38-21-28/h3-16,20-21,24-25,30-33,43H,17-19,22-23H2,1-2H3,(H,40,44)(H,41,45)(H,42,46)/t30-,31-,32-,33-/m0/s1. The van der Waals surface area contributed by atoms with Crippen molar-refractivity contribution in [3.8, 4) is 0 Å². The average Bonchev–Trinajstić information content (AvgIpc) is 3.10. The molecule has 3 amide bonds. The first-order valence-electron chi connectivity index (χ1n) is 15.8. The highest BCUT2D eigenvalue weighted by Crippen LogP contribution is 2.15. The van der Waals surface area contributed by atoms with Gasteiger partial charge in [-0.1, -0.05) is 80.6 Å². The van der Waals surface area contributed by atoms with Gasteiger partial charge in [0.2, 0.25) is 5.91 Å². The highest BCUT2D eigenvalue weighted by Gasteiger charge is 2.30. The topological polar surface area (TPSA) is 165 Å². The fraction of sp³-hybridized carbons (Fsp3) is 0.333. The van der Waals surface area contributed by atoms with Gasteiger partial charge in [0.25, 0.3) is 0 Å². The number of aliphatic hydroxyl groups excluding tert-OH is 1. The summed E-state index contributed by atoms with van der Waals surface area (Å²) in [7, 11) is 0. The number of pyridine rings is 1. The first kappa shape index (κ1) is 35.5. The van der Waals surface area contributed by atoms with Gasteiger partial charge in [-0.3, -0.25) is 9.78 Å². The second-order valence-electron chi connectivity index (χ2n) is 11.7. The number of carbonyl (C=O) groups excluding carboxylic acids is 3. The van der Waals surface area contributed by atoms with Gasteiger partial charge in [-0.05, 0) is 48.4 Å². The lowest BCUT2D eigenvalue weighted by molar-refractivity contribution is -0.125. The summed E-state index contributed by atoms with van der Waals surface area (Å²) in [6.45, 7) is 3.55. The molecule has 252 valence electrons. The van der Waals surface area contributed by atoms with Gasteiger partial charge in [0.05, 0.1) is 17.8 Å². The van der Waals surface area contributed by atoms with Crippen molar-refractivity contribution < 1.29 is 29.0 Å². The van der Waals surface area contributed by atoms with E-state index in [-0.39, 0.29) is 25.6 Å². The molecule has 0 unspecified atom stereocenters. The molecule has 0 spiro atoms. The van der Waals surface area contributed by atoms with Crippen molar-refractivity contribution in [2.24, 2.45) is 5.92 Å². The number of amides is 3. The van der Waals surface area contributed by atoms with Crippen molar-refractivity contribution in [1.29, 1.82) is 0 Å². The van der Waals surface area contributed by atoms with Crippen molar-refractivity contribution in [3.05, 3.63) is 126 Å². The maximum absolute atomic E-state index is 13.7. The first-order chi connectivity index (χ1) is 23.3. The van der Waals surface area contributed by atoms with Gasteiger partial charge >= 0.3 is 12.2 Å². The quantitative estimate of drug-likeness (QED) is 0.139. The Hall–Kier alpha value is -5.36. The Morgan fingerprint density at radius 1 is 0.729 bits per heavy atom. The van der Waals surface area contributed by atoms with Crippen LogP contribution in [-0.4, -0.2) is 62.4 Å². The van der Waals surface area contributed by atoms with E-state index in [4.69, 9.17) is 9.47 Å². The summed E-state index contributed by atoms with van der Waals surface area (Å²) in [5.41, 5.74) is 3.03. The zero-order chi connectivity index (χ0) is 34.1. The fourth-order valence-electron chi connectivity index (χ4n) is 5.06. The molecular weight excluding hydrogens is 612 g/mol. The Balaban J connectivity index is 1.46. The van der Waals surface area contributed by atoms with Crippen LogP contribution in [0, 0.1) is 5.92 Å². The lowest BCUT2D eigenvalue weighted by Gasteiger charge is -2.30. The predicted molar refractivity (Wildman–Crippen MR) is 178 cm³/mol. The van der Waals surface area contributed by atoms with Crippen LogP contribution in [0.5, 0.6) is 0 Å². The maximum atomic E-state index is 13.7. The highest BCUT2D eigenvalue weighted by atomic mass is 16.6. The first-order valence-corrected chi connectivity index (χ1v) is 15.8. The van der Waals surface area contributed by atoms with Crippen LogP contribution in [-0.2, 0) is 40.3 Å². The number of carbonyl (C=O) groups is 3. The number of benzene rings is 2. The second-order valence-corrected chi connectivity index (χ2v) is 11.7. The molecule has 0 aliphatic heterocycles. The van der Waals surface area contributed by atoms with Crippen LogP contribution >= 0.6 is 0 Å². The van der Waals surface area contributed by atoms with E-state index in [0.717, 1.165) is 11.1 Å². The van der Waals surface area contributed by atoms with Crippen LogP contribution in [0.15, 0.2) is 104 Å². The molecule has 4 atom stereocenters. The molecule has 4 N–H and O–H groups in total. The molecule has 0 radical (unpaired) electrons. The molecular formula is C36H42N6O6. The van der Waals surface area contributed by atoms with Gasteiger partial charge in [-0.2, -0.15) is 0 Å². The Morgan fingerprint density at radius 3 is 1.96 bits per heavy atom. The van der Waals surface area contributed by atoms with Gasteiger partial charge in [0, 0.05) is 30.2 Å². The van der Waals surface area contributed by atoms with Crippen molar-refractivity contribution in [2.45, 2.75) is 70.6 Å². The molecule has 12 nitrogen and oxygen atoms in total. The summed E-state index contributed by atoms with van der Waals surface area (Å²) in [6, 6.07) is 22.1. The maximum Gasteiger partial charge on any atom is 0.408 e. The molecule has 2 heterocycles. The number of rotatable bonds is 16. The summed E-state index contributed by atoms with van der Waals surface area (Å²) >= 11 is 0. The van der Waals surface area contributed by atoms with Crippen LogP contribution in [0.1, 0.15) is 42.7 Å². The largest absolute Gasteiger partial charge is 0.445 e. The van der Waals surface area contributed by atoms with E-state index in [1.807, 2.05) is 74.5 Å². The molecule has 0 fully saturated rings. The molecule has 0 aliphatic carbocycles. The third-order valence-corrected chi connectivity index (χ3v) is 7.55. The Morgan fingerprint density at radius 2 is 1.33 bits per heavy atom. The van der Waals surface area contributed by atoms with Gasteiger partial charge in [-0.15, -0.1) is 0 Å². The van der Waals surface area contributed by atoms with E-state index >= 15 is 0 Å². The van der Waals surface area contributed by atoms with Gasteiger partial charge < -0.3 is 30.5 Å². The highest BCUT2D eigenvalue weighted by molar-refractivity contribution is 5.86. The fourth-order valence-corrected chi connectivity index (χ4v) is 5.06. The molecule has 4 rings (SSSR count). The minimum atomic E-state index is -1.08. The zero-order valence-electron chi connectivity index (χ0n) is 27.1. The van der Waals surface area contributed by atoms with E-state index in [0.29, 0.717) is 24.1 Å². The summed E-state index contributed by atoms with van der Waals surface area (Å²) in [5.74, 6) is -0.697. The van der Waals surface area contributed by atoms with E-state index in [1.54, 1.807) is 36.8 Å². The van der Waals surface area contributed by atoms with E-state index in [2.05, 4.69) is 30.9 Å². The number of aliphatic hydroxyl groups is 1. The third-order valence-electron chi connectivity index (χ3n) is 7.55. The van der Waals surface area contributed by atoms with Crippen molar-refractivity contribution in [3.63, 3.8) is 0 Å². The van der Waals surface area contributed by atoms with Crippen molar-refractivity contribution in [1.82, 2.24) is 30.9 Å². The van der Waals surface area contributed by atoms with Crippen LogP contribution in [0.4, 0.5) is 9.59 Å². The van der Waals surface area contributed by atoms with Crippen molar-refractivity contribution >= 4 is 18.1 Å². The summed E-state index contributed by atoms with van der Waals surface area (Å²) in [5, 5.41) is 20.1. The lowest BCUT2D eigenvalue weighted by Crippen LogP contribution is -2.54. The minimum Gasteiger partial charge on any atom is -0.445 e. The number of ether oxygens (including phenoxy) is 2. The number of hydrogen-bond donors (Lipinski definition) is 4. The van der Waals surface area contributed by atoms with Gasteiger partial charge in [-0.25, -0.2) is 19.6 Å². The van der Waals surface area contributed by atoms with Crippen LogP contribution in [0.3, 0.4) is 0 Å². The number of aromatic nitrogens is 3. The predicted octanol–water partition coefficient (Wildman–Crippen LogP) is 4.14. The lowest BCUT2D eigenvalue weighted by atomic mass is 9.93. The summed E-state index contributed by atoms with van der Waals surface area (Å²) < 4.78 is 10.7. The third kappa shape index (κ3) is 12.1. The summed E-state index contributed by atoms with van der Waals surface area (Å²) in [4.78, 5) is 51.2. The molecule has 0 saturated carbocycles. The van der Waals surface area contributed by atoms with Crippen LogP contribution in [0.25, 0.3) is 0 Å². The molecule has 48 heavy (non-hydrogen) atoms. The average molecular weight is 655 g/mol. The van der Waals surface area contributed by atoms with E-state index in [9.17, 15) is 19.5 Å². The number of nitrogens with zero attached hydrogens (tertiary/aromatic N) is 3. The molecule has 0 aliphatic rings. The van der Waals surface area contributed by atoms with E-state index in [1.165, 1.54) is 6.33 Å². The number of nitrogens with one attached hydrogen (secondary N) is 3. The number of alkyl carbamates (subject to hydrolysis) is 2. The smallest absolute Gasteiger partial charge is 0.408 e. The van der Waals surface area contributed by atoms with Crippen LogP contribution < -0.4 is 16.0 Å². The zero-order valence-corrected chi connectivity index (χ0v) is 27.1. The van der Waals surface area contributed by atoms with Crippen molar-refractivity contribution in [2.75, 3.05) is 0 Å². The van der Waals surface area contributed by atoms with Crippen LogP contribution in [0.2, 0.25) is 0 Å². The SMILES string of the molecule is CC(C)[C@H](NC(=O)OCc1ccccn1)C(=O)N[C@@H](Cc1ccccc1)C[C@H](O)[C@H](Cc1ccccc1)NC(=O)OCc1cncnc1. The van der Waals surface area contributed by atoms with Gasteiger partial charge in [0.1, 0.15) is 25.6 Å². The second kappa shape index (κ2) is 18.7. The molecule has 2 aromatic carbocycles. The van der Waals surface area contributed by atoms with E-state index < -0.39 is 42.3 Å². The molecule has 12 heteroatoms. The monoisotopic (exact) mass is 654 g/mol. The minimum absolute atomic E-state index is 0.0403. The Kier molecular flexibility index (Phi) is 13.8. The Bertz CT molecular complexity index is 1550. The normalized spacial score (nSPS) is 13.4. The molecule has 0 saturated heterocycles. The molecule has 0 bridgehead atoms. The molecule has 4 aromatic rings.